The number of rotatable bonds is 5. The lowest BCUT2D eigenvalue weighted by atomic mass is 10.1. The number of nitrogens with two attached hydrogens (primary N) is 1. The van der Waals surface area contributed by atoms with Crippen molar-refractivity contribution < 1.29 is 13.6 Å². The van der Waals surface area contributed by atoms with Crippen LogP contribution in [0.5, 0.6) is 0 Å². The standard InChI is InChI=1S/C14H16F2N2O/c1-3-5-13(17)14(19)18-9(2)8-10-11(15)6-4-7-12(10)16/h1,4,6-7,9,13H,5,8,17H2,2H3,(H,18,19). The zero-order chi connectivity index (χ0) is 14.4. The van der Waals surface area contributed by atoms with Crippen LogP contribution >= 0.6 is 0 Å². The second-order valence-electron chi connectivity index (χ2n) is 4.33. The van der Waals surface area contributed by atoms with Crippen LogP contribution in [-0.4, -0.2) is 18.0 Å². The van der Waals surface area contributed by atoms with E-state index in [1.54, 1.807) is 6.92 Å². The quantitative estimate of drug-likeness (QED) is 0.791. The largest absolute Gasteiger partial charge is 0.352 e. The van der Waals surface area contributed by atoms with Gasteiger partial charge in [0.25, 0.3) is 0 Å². The fraction of sp³-hybridized carbons (Fsp3) is 0.357. The molecule has 0 aliphatic rings. The molecule has 0 aliphatic heterocycles. The van der Waals surface area contributed by atoms with Crippen LogP contribution in [0.3, 0.4) is 0 Å². The maximum atomic E-state index is 13.4. The van der Waals surface area contributed by atoms with Gasteiger partial charge in [-0.3, -0.25) is 4.79 Å². The summed E-state index contributed by atoms with van der Waals surface area (Å²) in [6.07, 6.45) is 5.22. The molecule has 19 heavy (non-hydrogen) atoms. The monoisotopic (exact) mass is 266 g/mol. The predicted octanol–water partition coefficient (Wildman–Crippen LogP) is 1.36. The molecule has 0 fully saturated rings. The first-order valence-electron chi connectivity index (χ1n) is 5.88. The lowest BCUT2D eigenvalue weighted by Gasteiger charge is -2.17. The molecule has 1 aromatic carbocycles. The molecule has 0 spiro atoms. The van der Waals surface area contributed by atoms with Crippen LogP contribution < -0.4 is 11.1 Å². The fourth-order valence-corrected chi connectivity index (χ4v) is 1.65. The molecule has 0 radical (unpaired) electrons. The summed E-state index contributed by atoms with van der Waals surface area (Å²) in [5.41, 5.74) is 5.47. The summed E-state index contributed by atoms with van der Waals surface area (Å²) in [5.74, 6) is 0.594. The Morgan fingerprint density at radius 2 is 2.05 bits per heavy atom. The van der Waals surface area contributed by atoms with Gasteiger partial charge in [0, 0.05) is 18.0 Å². The molecule has 1 amide bonds. The van der Waals surface area contributed by atoms with E-state index >= 15 is 0 Å². The summed E-state index contributed by atoms with van der Waals surface area (Å²) >= 11 is 0. The van der Waals surface area contributed by atoms with Crippen molar-refractivity contribution in [2.45, 2.75) is 31.8 Å². The van der Waals surface area contributed by atoms with E-state index in [0.717, 1.165) is 0 Å². The average Bonchev–Trinajstić information content (AvgIpc) is 2.34. The first kappa shape index (κ1) is 15.1. The summed E-state index contributed by atoms with van der Waals surface area (Å²) in [7, 11) is 0. The average molecular weight is 266 g/mol. The van der Waals surface area contributed by atoms with Gasteiger partial charge in [0.15, 0.2) is 0 Å². The van der Waals surface area contributed by atoms with Crippen molar-refractivity contribution in [1.29, 1.82) is 0 Å². The molecule has 0 aliphatic carbocycles. The van der Waals surface area contributed by atoms with Gasteiger partial charge >= 0.3 is 0 Å². The van der Waals surface area contributed by atoms with Gasteiger partial charge in [-0.05, 0) is 25.5 Å². The molecule has 3 nitrogen and oxygen atoms in total. The van der Waals surface area contributed by atoms with Crippen LogP contribution in [0.25, 0.3) is 0 Å². The third-order valence-electron chi connectivity index (χ3n) is 2.64. The van der Waals surface area contributed by atoms with Gasteiger partial charge in [-0.15, -0.1) is 12.3 Å². The number of carbonyl (C=O) groups is 1. The van der Waals surface area contributed by atoms with Gasteiger partial charge < -0.3 is 11.1 Å². The summed E-state index contributed by atoms with van der Waals surface area (Å²) < 4.78 is 26.8. The SMILES string of the molecule is C#CCC(N)C(=O)NC(C)Cc1c(F)cccc1F. The van der Waals surface area contributed by atoms with Crippen LogP contribution in [0.15, 0.2) is 18.2 Å². The van der Waals surface area contributed by atoms with Crippen molar-refractivity contribution in [2.24, 2.45) is 5.73 Å². The van der Waals surface area contributed by atoms with Gasteiger partial charge in [-0.1, -0.05) is 6.07 Å². The van der Waals surface area contributed by atoms with Crippen molar-refractivity contribution in [3.8, 4) is 12.3 Å². The van der Waals surface area contributed by atoms with Crippen molar-refractivity contribution in [3.63, 3.8) is 0 Å². The van der Waals surface area contributed by atoms with E-state index in [9.17, 15) is 13.6 Å². The lowest BCUT2D eigenvalue weighted by Crippen LogP contribution is -2.45. The van der Waals surface area contributed by atoms with Gasteiger partial charge in [0.1, 0.15) is 11.6 Å². The van der Waals surface area contributed by atoms with Crippen LogP contribution in [-0.2, 0) is 11.2 Å². The van der Waals surface area contributed by atoms with Crippen molar-refractivity contribution in [3.05, 3.63) is 35.4 Å². The Bertz CT molecular complexity index is 476. The van der Waals surface area contributed by atoms with Crippen molar-refractivity contribution in [2.75, 3.05) is 0 Å². The van der Waals surface area contributed by atoms with E-state index < -0.39 is 29.6 Å². The van der Waals surface area contributed by atoms with Gasteiger partial charge in [-0.2, -0.15) is 0 Å². The molecule has 0 aromatic heterocycles. The molecular formula is C14H16F2N2O. The molecule has 2 unspecified atom stereocenters. The summed E-state index contributed by atoms with van der Waals surface area (Å²) in [4.78, 5) is 11.6. The number of amides is 1. The molecule has 2 atom stereocenters. The van der Waals surface area contributed by atoms with Crippen LogP contribution in [0, 0.1) is 24.0 Å². The summed E-state index contributed by atoms with van der Waals surface area (Å²) in [5, 5.41) is 2.57. The number of terminal acetylenes is 1. The third kappa shape index (κ3) is 4.34. The number of halogens is 2. The van der Waals surface area contributed by atoms with Crippen molar-refractivity contribution in [1.82, 2.24) is 5.32 Å². The Morgan fingerprint density at radius 3 is 2.58 bits per heavy atom. The lowest BCUT2D eigenvalue weighted by molar-refractivity contribution is -0.122. The maximum absolute atomic E-state index is 13.4. The molecule has 0 saturated carbocycles. The number of benzene rings is 1. The second kappa shape index (κ2) is 6.86. The molecule has 1 aromatic rings. The normalized spacial score (nSPS) is 13.4. The smallest absolute Gasteiger partial charge is 0.238 e. The molecule has 102 valence electrons. The number of carbonyl (C=O) groups excluding carboxylic acids is 1. The molecular weight excluding hydrogens is 250 g/mol. The minimum atomic E-state index is -0.807. The molecule has 3 N–H and O–H groups in total. The fourth-order valence-electron chi connectivity index (χ4n) is 1.65. The van der Waals surface area contributed by atoms with E-state index in [1.807, 2.05) is 0 Å². The molecule has 0 saturated heterocycles. The van der Waals surface area contributed by atoms with E-state index in [-0.39, 0.29) is 18.4 Å². The minimum absolute atomic E-state index is 0.0486. The van der Waals surface area contributed by atoms with Crippen molar-refractivity contribution >= 4 is 5.91 Å². The Kier molecular flexibility index (Phi) is 5.46. The van der Waals surface area contributed by atoms with E-state index in [0.29, 0.717) is 0 Å². The summed E-state index contributed by atoms with van der Waals surface area (Å²) in [6.45, 7) is 1.65. The number of nitrogens with one attached hydrogen (secondary N) is 1. The highest BCUT2D eigenvalue weighted by Gasteiger charge is 2.17. The third-order valence-corrected chi connectivity index (χ3v) is 2.64. The van der Waals surface area contributed by atoms with Gasteiger partial charge in [0.05, 0.1) is 6.04 Å². The predicted molar refractivity (Wildman–Crippen MR) is 69.1 cm³/mol. The number of hydrogen-bond donors (Lipinski definition) is 2. The molecule has 0 heterocycles. The Labute approximate surface area is 111 Å². The Hall–Kier alpha value is -1.93. The topological polar surface area (TPSA) is 55.1 Å². The van der Waals surface area contributed by atoms with E-state index in [4.69, 9.17) is 12.2 Å². The first-order valence-corrected chi connectivity index (χ1v) is 5.88. The first-order chi connectivity index (χ1) is 8.95. The maximum Gasteiger partial charge on any atom is 0.238 e. The number of hydrogen-bond acceptors (Lipinski definition) is 2. The highest BCUT2D eigenvalue weighted by Crippen LogP contribution is 2.14. The molecule has 5 heteroatoms. The van der Waals surface area contributed by atoms with Gasteiger partial charge in [-0.25, -0.2) is 8.78 Å². The summed E-state index contributed by atoms with van der Waals surface area (Å²) in [6, 6.07) is 2.40. The van der Waals surface area contributed by atoms with Crippen LogP contribution in [0.2, 0.25) is 0 Å². The highest BCUT2D eigenvalue weighted by atomic mass is 19.1. The van der Waals surface area contributed by atoms with Crippen LogP contribution in [0.4, 0.5) is 8.78 Å². The Morgan fingerprint density at radius 1 is 1.47 bits per heavy atom. The van der Waals surface area contributed by atoms with E-state index in [2.05, 4.69) is 11.2 Å². The van der Waals surface area contributed by atoms with Gasteiger partial charge in [0.2, 0.25) is 5.91 Å². The van der Waals surface area contributed by atoms with Crippen LogP contribution in [0.1, 0.15) is 18.9 Å². The molecule has 0 bridgehead atoms. The minimum Gasteiger partial charge on any atom is -0.352 e. The molecule has 1 rings (SSSR count). The zero-order valence-electron chi connectivity index (χ0n) is 10.6. The highest BCUT2D eigenvalue weighted by molar-refractivity contribution is 5.82. The zero-order valence-corrected chi connectivity index (χ0v) is 10.6. The Balaban J connectivity index is 2.63. The van der Waals surface area contributed by atoms with E-state index in [1.165, 1.54) is 18.2 Å². The second-order valence-corrected chi connectivity index (χ2v) is 4.33.